The first-order valence-electron chi connectivity index (χ1n) is 8.20. The van der Waals surface area contributed by atoms with Gasteiger partial charge in [0, 0.05) is 36.9 Å². The number of urea groups is 1. The first-order valence-corrected chi connectivity index (χ1v) is 8.99. The van der Waals surface area contributed by atoms with Crippen LogP contribution in [0, 0.1) is 0 Å². The zero-order chi connectivity index (χ0) is 18.4. The van der Waals surface area contributed by atoms with Gasteiger partial charge >= 0.3 is 12.1 Å². The molecule has 0 atom stereocenters. The number of carbonyl (C=O) groups is 2. The Morgan fingerprint density at radius 3 is 2.40 bits per heavy atom. The van der Waals surface area contributed by atoms with Gasteiger partial charge in [-0.3, -0.25) is 0 Å². The zero-order valence-corrected chi connectivity index (χ0v) is 16.4. The Bertz CT molecular complexity index is 647. The molecule has 0 aliphatic carbocycles. The fourth-order valence-corrected chi connectivity index (χ4v) is 2.75. The van der Waals surface area contributed by atoms with Crippen LogP contribution in [0.25, 0.3) is 6.08 Å². The molecule has 0 saturated carbocycles. The lowest BCUT2D eigenvalue weighted by Crippen LogP contribution is -2.53. The van der Waals surface area contributed by atoms with Gasteiger partial charge in [-0.05, 0) is 44.5 Å². The highest BCUT2D eigenvalue weighted by molar-refractivity contribution is 9.10. The molecule has 7 heteroatoms. The highest BCUT2D eigenvalue weighted by Gasteiger charge is 2.27. The van der Waals surface area contributed by atoms with E-state index in [1.807, 2.05) is 51.1 Å². The normalized spacial score (nSPS) is 15.4. The van der Waals surface area contributed by atoms with E-state index in [0.29, 0.717) is 26.2 Å². The third-order valence-corrected chi connectivity index (χ3v) is 4.04. The molecule has 1 N–H and O–H groups in total. The van der Waals surface area contributed by atoms with Crippen molar-refractivity contribution in [3.8, 4) is 0 Å². The number of nitrogens with zero attached hydrogens (tertiary/aromatic N) is 2. The van der Waals surface area contributed by atoms with Gasteiger partial charge in [-0.2, -0.15) is 0 Å². The minimum atomic E-state index is -0.511. The van der Waals surface area contributed by atoms with E-state index < -0.39 is 5.60 Å². The van der Waals surface area contributed by atoms with Crippen LogP contribution in [-0.2, 0) is 4.74 Å². The summed E-state index contributed by atoms with van der Waals surface area (Å²) < 4.78 is 6.33. The number of benzene rings is 1. The second-order valence-electron chi connectivity index (χ2n) is 6.79. The summed E-state index contributed by atoms with van der Waals surface area (Å²) in [6.07, 6.45) is 3.13. The van der Waals surface area contributed by atoms with Crippen LogP contribution in [0.5, 0.6) is 0 Å². The second-order valence-corrected chi connectivity index (χ2v) is 7.71. The molecule has 1 aliphatic heterocycles. The van der Waals surface area contributed by atoms with Gasteiger partial charge in [0.25, 0.3) is 0 Å². The van der Waals surface area contributed by atoms with Crippen molar-refractivity contribution >= 4 is 34.1 Å². The monoisotopic (exact) mass is 409 g/mol. The van der Waals surface area contributed by atoms with E-state index >= 15 is 0 Å². The average molecular weight is 410 g/mol. The SMILES string of the molecule is CC(C)(C)OC(=O)N1CCN(C(=O)N/C=C/c2cccc(Br)c2)CC1. The number of piperazine rings is 1. The summed E-state index contributed by atoms with van der Waals surface area (Å²) >= 11 is 3.41. The number of hydrogen-bond acceptors (Lipinski definition) is 3. The Hall–Kier alpha value is -2.02. The van der Waals surface area contributed by atoms with Gasteiger partial charge in [-0.25, -0.2) is 9.59 Å². The Labute approximate surface area is 156 Å². The number of amides is 3. The van der Waals surface area contributed by atoms with E-state index in [0.717, 1.165) is 10.0 Å². The number of hydrogen-bond donors (Lipinski definition) is 1. The van der Waals surface area contributed by atoms with Gasteiger partial charge in [0.15, 0.2) is 0 Å². The first kappa shape index (κ1) is 19.3. The maximum Gasteiger partial charge on any atom is 0.410 e. The van der Waals surface area contributed by atoms with Gasteiger partial charge in [0.2, 0.25) is 0 Å². The van der Waals surface area contributed by atoms with E-state index in [4.69, 9.17) is 4.74 Å². The predicted molar refractivity (Wildman–Crippen MR) is 101 cm³/mol. The molecular weight excluding hydrogens is 386 g/mol. The molecule has 0 radical (unpaired) electrons. The fraction of sp³-hybridized carbons (Fsp3) is 0.444. The van der Waals surface area contributed by atoms with Crippen LogP contribution in [0.4, 0.5) is 9.59 Å². The van der Waals surface area contributed by atoms with Crippen LogP contribution in [0.3, 0.4) is 0 Å². The van der Waals surface area contributed by atoms with Crippen molar-refractivity contribution in [2.75, 3.05) is 26.2 Å². The van der Waals surface area contributed by atoms with Gasteiger partial charge in [-0.15, -0.1) is 0 Å². The van der Waals surface area contributed by atoms with E-state index in [2.05, 4.69) is 21.2 Å². The van der Waals surface area contributed by atoms with Crippen LogP contribution in [0.1, 0.15) is 26.3 Å². The highest BCUT2D eigenvalue weighted by atomic mass is 79.9. The number of carbonyl (C=O) groups excluding carboxylic acids is 2. The molecule has 0 aromatic heterocycles. The lowest BCUT2D eigenvalue weighted by Gasteiger charge is -2.35. The van der Waals surface area contributed by atoms with Crippen molar-refractivity contribution in [1.82, 2.24) is 15.1 Å². The highest BCUT2D eigenvalue weighted by Crippen LogP contribution is 2.13. The van der Waals surface area contributed by atoms with Crippen molar-refractivity contribution in [3.05, 3.63) is 40.5 Å². The summed E-state index contributed by atoms with van der Waals surface area (Å²) in [7, 11) is 0. The van der Waals surface area contributed by atoms with Crippen molar-refractivity contribution in [1.29, 1.82) is 0 Å². The molecule has 1 heterocycles. The molecule has 6 nitrogen and oxygen atoms in total. The Morgan fingerprint density at radius 2 is 1.80 bits per heavy atom. The average Bonchev–Trinajstić information content (AvgIpc) is 2.53. The van der Waals surface area contributed by atoms with E-state index in [9.17, 15) is 9.59 Å². The van der Waals surface area contributed by atoms with Crippen LogP contribution >= 0.6 is 15.9 Å². The molecule has 25 heavy (non-hydrogen) atoms. The van der Waals surface area contributed by atoms with Crippen LogP contribution in [0.15, 0.2) is 34.9 Å². The van der Waals surface area contributed by atoms with Crippen molar-refractivity contribution in [3.63, 3.8) is 0 Å². The lowest BCUT2D eigenvalue weighted by molar-refractivity contribution is 0.0171. The molecule has 0 unspecified atom stereocenters. The molecule has 3 amide bonds. The third-order valence-electron chi connectivity index (χ3n) is 3.55. The quantitative estimate of drug-likeness (QED) is 0.809. The molecule has 0 bridgehead atoms. The summed E-state index contributed by atoms with van der Waals surface area (Å²) in [5.74, 6) is 0. The smallest absolute Gasteiger partial charge is 0.410 e. The van der Waals surface area contributed by atoms with Gasteiger partial charge in [0.05, 0.1) is 0 Å². The summed E-state index contributed by atoms with van der Waals surface area (Å²) in [5, 5.41) is 2.76. The number of rotatable bonds is 2. The number of ether oxygens (including phenoxy) is 1. The van der Waals surface area contributed by atoms with Gasteiger partial charge in [-0.1, -0.05) is 28.1 Å². The maximum atomic E-state index is 12.2. The summed E-state index contributed by atoms with van der Waals surface area (Å²) in [5.41, 5.74) is 0.479. The summed E-state index contributed by atoms with van der Waals surface area (Å²) in [6.45, 7) is 7.42. The standard InChI is InChI=1S/C18H24BrN3O3/c1-18(2,3)25-17(24)22-11-9-21(10-12-22)16(23)20-8-7-14-5-4-6-15(19)13-14/h4-8,13H,9-12H2,1-3H3,(H,20,23)/b8-7+. The van der Waals surface area contributed by atoms with Crippen LogP contribution in [-0.4, -0.2) is 53.7 Å². The first-order chi connectivity index (χ1) is 11.7. The van der Waals surface area contributed by atoms with Crippen LogP contribution < -0.4 is 5.32 Å². The molecule has 1 fully saturated rings. The molecular formula is C18H24BrN3O3. The minimum absolute atomic E-state index is 0.171. The summed E-state index contributed by atoms with van der Waals surface area (Å²) in [4.78, 5) is 27.5. The Balaban J connectivity index is 1.78. The van der Waals surface area contributed by atoms with Crippen molar-refractivity contribution in [2.24, 2.45) is 0 Å². The molecule has 1 aromatic carbocycles. The Kier molecular flexibility index (Phi) is 6.47. The second kappa shape index (κ2) is 8.38. The van der Waals surface area contributed by atoms with Crippen LogP contribution in [0.2, 0.25) is 0 Å². The molecule has 2 rings (SSSR count). The molecule has 1 aliphatic rings. The molecule has 0 spiro atoms. The minimum Gasteiger partial charge on any atom is -0.444 e. The van der Waals surface area contributed by atoms with Gasteiger partial charge < -0.3 is 19.9 Å². The third kappa shape index (κ3) is 6.42. The fourth-order valence-electron chi connectivity index (χ4n) is 2.33. The van der Waals surface area contributed by atoms with E-state index in [1.165, 1.54) is 0 Å². The number of halogens is 1. The summed E-state index contributed by atoms with van der Waals surface area (Å²) in [6, 6.07) is 7.62. The van der Waals surface area contributed by atoms with Gasteiger partial charge in [0.1, 0.15) is 5.60 Å². The topological polar surface area (TPSA) is 61.9 Å². The van der Waals surface area contributed by atoms with Crippen molar-refractivity contribution < 1.29 is 14.3 Å². The van der Waals surface area contributed by atoms with E-state index in [1.54, 1.807) is 16.0 Å². The molecule has 1 saturated heterocycles. The predicted octanol–water partition coefficient (Wildman–Crippen LogP) is 3.68. The maximum absolute atomic E-state index is 12.2. The molecule has 136 valence electrons. The largest absolute Gasteiger partial charge is 0.444 e. The Morgan fingerprint density at radius 1 is 1.16 bits per heavy atom. The zero-order valence-electron chi connectivity index (χ0n) is 14.8. The molecule has 1 aromatic rings. The van der Waals surface area contributed by atoms with E-state index in [-0.39, 0.29) is 12.1 Å². The lowest BCUT2D eigenvalue weighted by atomic mass is 10.2. The van der Waals surface area contributed by atoms with Crippen molar-refractivity contribution in [2.45, 2.75) is 26.4 Å². The number of nitrogens with one attached hydrogen (secondary N) is 1.